The number of fused-ring (bicyclic) bond motifs is 1. The number of carbonyl (C=O) groups excluding carboxylic acids is 1. The van der Waals surface area contributed by atoms with Crippen molar-refractivity contribution in [3.05, 3.63) is 102 Å². The average molecular weight is 371 g/mol. The molecule has 1 N–H and O–H groups in total. The summed E-state index contributed by atoms with van der Waals surface area (Å²) in [7, 11) is 1.60. The fraction of sp³-hybridized carbons (Fsp3) is 0.130. The first-order valence-electron chi connectivity index (χ1n) is 9.11. The van der Waals surface area contributed by atoms with Crippen molar-refractivity contribution in [2.24, 2.45) is 0 Å². The molecular formula is C23H21N3O2. The molecule has 4 rings (SSSR count). The summed E-state index contributed by atoms with van der Waals surface area (Å²) in [6, 6.07) is 23.3. The van der Waals surface area contributed by atoms with Crippen LogP contribution in [0.5, 0.6) is 5.75 Å². The Kier molecular flexibility index (Phi) is 4.81. The molecule has 0 bridgehead atoms. The van der Waals surface area contributed by atoms with Crippen LogP contribution < -0.4 is 10.1 Å². The Balaban J connectivity index is 1.75. The lowest BCUT2D eigenvalue weighted by Crippen LogP contribution is -2.30. The normalized spacial score (nSPS) is 11.0. The number of aryl methyl sites for hydroxylation is 1. The monoisotopic (exact) mass is 371 g/mol. The number of pyridine rings is 1. The van der Waals surface area contributed by atoms with Crippen molar-refractivity contribution >= 4 is 11.6 Å². The van der Waals surface area contributed by atoms with Gasteiger partial charge in [0.05, 0.1) is 18.8 Å². The molecule has 140 valence electrons. The van der Waals surface area contributed by atoms with E-state index in [9.17, 15) is 4.79 Å². The third-order valence-electron chi connectivity index (χ3n) is 4.76. The summed E-state index contributed by atoms with van der Waals surface area (Å²) in [6.45, 7) is 1.83. The predicted molar refractivity (Wildman–Crippen MR) is 109 cm³/mol. The summed E-state index contributed by atoms with van der Waals surface area (Å²) < 4.78 is 7.15. The van der Waals surface area contributed by atoms with E-state index in [2.05, 4.69) is 10.3 Å². The van der Waals surface area contributed by atoms with E-state index in [-0.39, 0.29) is 11.9 Å². The third-order valence-corrected chi connectivity index (χ3v) is 4.76. The van der Waals surface area contributed by atoms with Gasteiger partial charge in [-0.25, -0.2) is 4.98 Å². The summed E-state index contributed by atoms with van der Waals surface area (Å²) >= 11 is 0. The average Bonchev–Trinajstić information content (AvgIpc) is 3.09. The minimum atomic E-state index is -0.259. The van der Waals surface area contributed by atoms with E-state index in [1.54, 1.807) is 11.5 Å². The second-order valence-corrected chi connectivity index (χ2v) is 6.54. The van der Waals surface area contributed by atoms with Gasteiger partial charge in [-0.2, -0.15) is 0 Å². The Morgan fingerprint density at radius 2 is 1.57 bits per heavy atom. The summed E-state index contributed by atoms with van der Waals surface area (Å²) in [4.78, 5) is 17.8. The number of aromatic nitrogens is 2. The highest BCUT2D eigenvalue weighted by Gasteiger charge is 2.23. The Hall–Kier alpha value is -3.60. The van der Waals surface area contributed by atoms with Gasteiger partial charge in [-0.1, -0.05) is 60.7 Å². The zero-order valence-electron chi connectivity index (χ0n) is 15.8. The molecule has 0 unspecified atom stereocenters. The molecule has 0 saturated carbocycles. The van der Waals surface area contributed by atoms with E-state index in [0.717, 1.165) is 11.1 Å². The molecule has 5 heteroatoms. The molecule has 5 nitrogen and oxygen atoms in total. The maximum absolute atomic E-state index is 13.3. The molecule has 1 amide bonds. The number of amides is 1. The molecule has 0 spiro atoms. The zero-order valence-corrected chi connectivity index (χ0v) is 15.8. The lowest BCUT2D eigenvalue weighted by molar-refractivity contribution is 0.0936. The van der Waals surface area contributed by atoms with Gasteiger partial charge < -0.3 is 10.1 Å². The molecule has 0 aliphatic heterocycles. The van der Waals surface area contributed by atoms with Crippen molar-refractivity contribution in [3.8, 4) is 5.75 Å². The van der Waals surface area contributed by atoms with Crippen LogP contribution in [0.4, 0.5) is 0 Å². The van der Waals surface area contributed by atoms with E-state index in [1.807, 2.05) is 85.9 Å². The standard InChI is InChI=1S/C23H21N3O2/c1-16-21(26-15-9-14-19(28-2)22(26)24-16)23(27)25-20(17-10-5-3-6-11-17)18-12-7-4-8-13-18/h3-15,20H,1-2H3,(H,25,27). The first-order valence-corrected chi connectivity index (χ1v) is 9.11. The van der Waals surface area contributed by atoms with Gasteiger partial charge in [-0.15, -0.1) is 0 Å². The number of imidazole rings is 1. The molecule has 0 radical (unpaired) electrons. The number of nitrogens with one attached hydrogen (secondary N) is 1. The molecule has 0 atom stereocenters. The summed E-state index contributed by atoms with van der Waals surface area (Å²) in [5, 5.41) is 3.18. The van der Waals surface area contributed by atoms with Crippen molar-refractivity contribution in [3.63, 3.8) is 0 Å². The minimum absolute atomic E-state index is 0.184. The second kappa shape index (κ2) is 7.56. The first-order chi connectivity index (χ1) is 13.7. The molecule has 2 aromatic heterocycles. The number of rotatable bonds is 5. The largest absolute Gasteiger partial charge is 0.493 e. The van der Waals surface area contributed by atoms with E-state index in [0.29, 0.717) is 22.8 Å². The minimum Gasteiger partial charge on any atom is -0.493 e. The van der Waals surface area contributed by atoms with Crippen LogP contribution in [0.1, 0.15) is 33.4 Å². The number of ether oxygens (including phenoxy) is 1. The quantitative estimate of drug-likeness (QED) is 0.573. The van der Waals surface area contributed by atoms with Crippen molar-refractivity contribution in [1.82, 2.24) is 14.7 Å². The van der Waals surface area contributed by atoms with Crippen molar-refractivity contribution in [1.29, 1.82) is 0 Å². The molecule has 28 heavy (non-hydrogen) atoms. The highest BCUT2D eigenvalue weighted by molar-refractivity contribution is 5.95. The number of nitrogens with zero attached hydrogens (tertiary/aromatic N) is 2. The van der Waals surface area contributed by atoms with E-state index >= 15 is 0 Å². The van der Waals surface area contributed by atoms with Crippen LogP contribution in [0, 0.1) is 6.92 Å². The van der Waals surface area contributed by atoms with Crippen molar-refractivity contribution < 1.29 is 9.53 Å². The van der Waals surface area contributed by atoms with Crippen LogP contribution in [0.25, 0.3) is 5.65 Å². The Morgan fingerprint density at radius 1 is 0.964 bits per heavy atom. The summed E-state index contributed by atoms with van der Waals surface area (Å²) in [5.41, 5.74) is 3.83. The van der Waals surface area contributed by atoms with Gasteiger partial charge in [-0.05, 0) is 30.2 Å². The van der Waals surface area contributed by atoms with Gasteiger partial charge in [0.15, 0.2) is 11.4 Å². The highest BCUT2D eigenvalue weighted by Crippen LogP contribution is 2.25. The number of hydrogen-bond acceptors (Lipinski definition) is 3. The highest BCUT2D eigenvalue weighted by atomic mass is 16.5. The predicted octanol–water partition coefficient (Wildman–Crippen LogP) is 4.17. The molecule has 2 heterocycles. The molecule has 0 saturated heterocycles. The van der Waals surface area contributed by atoms with E-state index in [1.165, 1.54) is 0 Å². The van der Waals surface area contributed by atoms with Crippen LogP contribution in [0.15, 0.2) is 79.0 Å². The van der Waals surface area contributed by atoms with Gasteiger partial charge >= 0.3 is 0 Å². The Labute approximate surface area is 163 Å². The maximum atomic E-state index is 13.3. The molecule has 0 fully saturated rings. The number of benzene rings is 2. The second-order valence-electron chi connectivity index (χ2n) is 6.54. The van der Waals surface area contributed by atoms with Gasteiger partial charge in [0, 0.05) is 6.20 Å². The van der Waals surface area contributed by atoms with Gasteiger partial charge in [0.2, 0.25) is 0 Å². The van der Waals surface area contributed by atoms with Crippen LogP contribution in [0.2, 0.25) is 0 Å². The zero-order chi connectivity index (χ0) is 19.5. The fourth-order valence-corrected chi connectivity index (χ4v) is 3.44. The smallest absolute Gasteiger partial charge is 0.270 e. The molecular weight excluding hydrogens is 350 g/mol. The van der Waals surface area contributed by atoms with Gasteiger partial charge in [0.1, 0.15) is 5.69 Å². The fourth-order valence-electron chi connectivity index (χ4n) is 3.44. The van der Waals surface area contributed by atoms with Crippen LogP contribution in [-0.4, -0.2) is 22.4 Å². The molecule has 0 aliphatic carbocycles. The van der Waals surface area contributed by atoms with Crippen molar-refractivity contribution in [2.45, 2.75) is 13.0 Å². The van der Waals surface area contributed by atoms with E-state index in [4.69, 9.17) is 4.74 Å². The van der Waals surface area contributed by atoms with Crippen LogP contribution in [0.3, 0.4) is 0 Å². The van der Waals surface area contributed by atoms with Crippen LogP contribution in [-0.2, 0) is 0 Å². The summed E-state index contributed by atoms with van der Waals surface area (Å²) in [6.07, 6.45) is 1.83. The first kappa shape index (κ1) is 17.8. The topological polar surface area (TPSA) is 55.6 Å². The number of carbonyl (C=O) groups is 1. The lowest BCUT2D eigenvalue weighted by Gasteiger charge is -2.20. The van der Waals surface area contributed by atoms with Crippen molar-refractivity contribution in [2.75, 3.05) is 7.11 Å². The Bertz CT molecular complexity index is 1070. The number of hydrogen-bond donors (Lipinski definition) is 1. The maximum Gasteiger partial charge on any atom is 0.270 e. The van der Waals surface area contributed by atoms with Crippen LogP contribution >= 0.6 is 0 Å². The summed E-state index contributed by atoms with van der Waals surface area (Å²) in [5.74, 6) is 0.447. The molecule has 2 aromatic carbocycles. The van der Waals surface area contributed by atoms with E-state index < -0.39 is 0 Å². The Morgan fingerprint density at radius 3 is 2.14 bits per heavy atom. The molecule has 4 aromatic rings. The van der Waals surface area contributed by atoms with Gasteiger partial charge in [0.25, 0.3) is 5.91 Å². The van der Waals surface area contributed by atoms with Gasteiger partial charge in [-0.3, -0.25) is 9.20 Å². The molecule has 0 aliphatic rings. The lowest BCUT2D eigenvalue weighted by atomic mass is 9.98. The SMILES string of the molecule is COc1cccn2c(C(=O)NC(c3ccccc3)c3ccccc3)c(C)nc12. The number of methoxy groups -OCH3 is 1. The third kappa shape index (κ3) is 3.22.